The van der Waals surface area contributed by atoms with Crippen LogP contribution in [0.4, 0.5) is 0 Å². The highest BCUT2D eigenvalue weighted by Crippen LogP contribution is 2.27. The third-order valence-electron chi connectivity index (χ3n) is 4.30. The molecule has 1 atom stereocenters. The first kappa shape index (κ1) is 14.5. The normalized spacial score (nSPS) is 25.5. The first-order chi connectivity index (χ1) is 8.98. The summed E-state index contributed by atoms with van der Waals surface area (Å²) in [5, 5.41) is 10.9. The Labute approximate surface area is 117 Å². The minimum absolute atomic E-state index is 0.516. The first-order valence-electron chi connectivity index (χ1n) is 7.50. The van der Waals surface area contributed by atoms with Gasteiger partial charge in [-0.3, -0.25) is 0 Å². The van der Waals surface area contributed by atoms with E-state index in [0.717, 1.165) is 38.8 Å². The van der Waals surface area contributed by atoms with Crippen molar-refractivity contribution in [3.63, 3.8) is 0 Å². The number of hydrogen-bond acceptors (Lipinski definition) is 2. The van der Waals surface area contributed by atoms with Crippen LogP contribution in [-0.2, 0) is 6.42 Å². The summed E-state index contributed by atoms with van der Waals surface area (Å²) in [5.74, 6) is 0. The van der Waals surface area contributed by atoms with Gasteiger partial charge in [0.15, 0.2) is 0 Å². The number of aliphatic hydroxyl groups is 1. The summed E-state index contributed by atoms with van der Waals surface area (Å²) >= 11 is 0. The molecule has 0 bridgehead atoms. The van der Waals surface area contributed by atoms with Crippen LogP contribution in [0.1, 0.15) is 44.2 Å². The Hall–Kier alpha value is -0.860. The van der Waals surface area contributed by atoms with Crippen molar-refractivity contribution in [3.05, 3.63) is 35.4 Å². The monoisotopic (exact) mass is 261 g/mol. The molecule has 1 aromatic rings. The summed E-state index contributed by atoms with van der Waals surface area (Å²) in [7, 11) is 0. The van der Waals surface area contributed by atoms with Crippen molar-refractivity contribution in [2.24, 2.45) is 0 Å². The van der Waals surface area contributed by atoms with Gasteiger partial charge < -0.3 is 10.0 Å². The van der Waals surface area contributed by atoms with Gasteiger partial charge in [-0.2, -0.15) is 0 Å². The van der Waals surface area contributed by atoms with Crippen LogP contribution in [0, 0.1) is 6.92 Å². The fourth-order valence-electron chi connectivity index (χ4n) is 3.09. The van der Waals surface area contributed by atoms with Crippen LogP contribution in [0.15, 0.2) is 24.3 Å². The van der Waals surface area contributed by atoms with Crippen LogP contribution in [0.2, 0.25) is 0 Å². The summed E-state index contributed by atoms with van der Waals surface area (Å²) in [6, 6.07) is 9.12. The number of nitrogens with zero attached hydrogens (tertiary/aromatic N) is 1. The zero-order valence-electron chi connectivity index (χ0n) is 12.5. The lowest BCUT2D eigenvalue weighted by Gasteiger charge is -2.28. The second-order valence-corrected chi connectivity index (χ2v) is 6.37. The molecule has 1 unspecified atom stereocenters. The highest BCUT2D eigenvalue weighted by molar-refractivity contribution is 5.23. The molecule has 1 aliphatic heterocycles. The van der Waals surface area contributed by atoms with Gasteiger partial charge >= 0.3 is 0 Å². The Bertz CT molecular complexity index is 415. The molecule has 2 rings (SSSR count). The molecule has 0 spiro atoms. The van der Waals surface area contributed by atoms with Gasteiger partial charge in [0.2, 0.25) is 0 Å². The lowest BCUT2D eigenvalue weighted by molar-refractivity contribution is 0.0249. The molecular weight excluding hydrogens is 234 g/mol. The van der Waals surface area contributed by atoms with Gasteiger partial charge in [-0.15, -0.1) is 0 Å². The van der Waals surface area contributed by atoms with Crippen LogP contribution in [0.3, 0.4) is 0 Å². The average molecular weight is 261 g/mol. The summed E-state index contributed by atoms with van der Waals surface area (Å²) < 4.78 is 0. The molecule has 0 aliphatic carbocycles. The van der Waals surface area contributed by atoms with E-state index in [4.69, 9.17) is 0 Å². The van der Waals surface area contributed by atoms with Gasteiger partial charge in [-0.05, 0) is 52.1 Å². The molecule has 2 heteroatoms. The molecular formula is C17H27NO. The smallest absolute Gasteiger partial charge is 0.0700 e. The fraction of sp³-hybridized carbons (Fsp3) is 0.647. The molecule has 0 radical (unpaired) electrons. The standard InChI is InChI=1S/C17H27NO/c1-14(2)18-10-5-8-17(19,9-11-18)13-16-7-4-6-15(3)12-16/h4,6-7,12,14,19H,5,8-11,13H2,1-3H3. The van der Waals surface area contributed by atoms with Gasteiger partial charge in [0, 0.05) is 19.0 Å². The lowest BCUT2D eigenvalue weighted by Crippen LogP contribution is -2.35. The van der Waals surface area contributed by atoms with Crippen molar-refractivity contribution >= 4 is 0 Å². The van der Waals surface area contributed by atoms with E-state index in [1.165, 1.54) is 11.1 Å². The second-order valence-electron chi connectivity index (χ2n) is 6.37. The molecule has 19 heavy (non-hydrogen) atoms. The maximum absolute atomic E-state index is 10.9. The van der Waals surface area contributed by atoms with Gasteiger partial charge in [-0.1, -0.05) is 29.8 Å². The van der Waals surface area contributed by atoms with Crippen molar-refractivity contribution in [3.8, 4) is 0 Å². The van der Waals surface area contributed by atoms with E-state index in [1.54, 1.807) is 0 Å². The molecule has 106 valence electrons. The molecule has 1 aromatic carbocycles. The van der Waals surface area contributed by atoms with Gasteiger partial charge in [0.25, 0.3) is 0 Å². The largest absolute Gasteiger partial charge is 0.389 e. The van der Waals surface area contributed by atoms with Crippen molar-refractivity contribution in [1.29, 1.82) is 0 Å². The van der Waals surface area contributed by atoms with Crippen LogP contribution in [0.5, 0.6) is 0 Å². The molecule has 0 amide bonds. The van der Waals surface area contributed by atoms with E-state index >= 15 is 0 Å². The maximum atomic E-state index is 10.9. The molecule has 2 nitrogen and oxygen atoms in total. The third kappa shape index (κ3) is 4.05. The first-order valence-corrected chi connectivity index (χ1v) is 7.50. The average Bonchev–Trinajstić information content (AvgIpc) is 2.51. The molecule has 1 fully saturated rings. The summed E-state index contributed by atoms with van der Waals surface area (Å²) in [6.45, 7) is 8.73. The predicted molar refractivity (Wildman–Crippen MR) is 80.4 cm³/mol. The maximum Gasteiger partial charge on any atom is 0.0700 e. The summed E-state index contributed by atoms with van der Waals surface area (Å²) in [6.07, 6.45) is 3.70. The summed E-state index contributed by atoms with van der Waals surface area (Å²) in [4.78, 5) is 2.48. The Morgan fingerprint density at radius 3 is 2.74 bits per heavy atom. The molecule has 1 N–H and O–H groups in total. The van der Waals surface area contributed by atoms with Gasteiger partial charge in [0.1, 0.15) is 0 Å². The quantitative estimate of drug-likeness (QED) is 0.903. The molecule has 1 heterocycles. The van der Waals surface area contributed by atoms with E-state index in [2.05, 4.69) is 49.9 Å². The molecule has 0 saturated carbocycles. The van der Waals surface area contributed by atoms with E-state index in [9.17, 15) is 5.11 Å². The van der Waals surface area contributed by atoms with E-state index in [0.29, 0.717) is 6.04 Å². The zero-order valence-corrected chi connectivity index (χ0v) is 12.5. The number of likely N-dealkylation sites (tertiary alicyclic amines) is 1. The Morgan fingerprint density at radius 1 is 1.26 bits per heavy atom. The molecule has 1 saturated heterocycles. The number of aryl methyl sites for hydroxylation is 1. The van der Waals surface area contributed by atoms with Crippen molar-refractivity contribution in [2.45, 2.75) is 58.1 Å². The minimum Gasteiger partial charge on any atom is -0.389 e. The van der Waals surface area contributed by atoms with Gasteiger partial charge in [0.05, 0.1) is 5.60 Å². The highest BCUT2D eigenvalue weighted by atomic mass is 16.3. The topological polar surface area (TPSA) is 23.5 Å². The van der Waals surface area contributed by atoms with E-state index in [-0.39, 0.29) is 0 Å². The Kier molecular flexibility index (Phi) is 4.64. The molecule has 1 aliphatic rings. The van der Waals surface area contributed by atoms with Crippen molar-refractivity contribution in [2.75, 3.05) is 13.1 Å². The zero-order chi connectivity index (χ0) is 13.9. The lowest BCUT2D eigenvalue weighted by atomic mass is 9.87. The van der Waals surface area contributed by atoms with Crippen molar-refractivity contribution in [1.82, 2.24) is 4.90 Å². The van der Waals surface area contributed by atoms with Crippen LogP contribution in [0.25, 0.3) is 0 Å². The SMILES string of the molecule is Cc1cccc(CC2(O)CCCN(C(C)C)CC2)c1. The minimum atomic E-state index is -0.516. The van der Waals surface area contributed by atoms with Crippen LogP contribution < -0.4 is 0 Å². The van der Waals surface area contributed by atoms with Crippen LogP contribution >= 0.6 is 0 Å². The second kappa shape index (κ2) is 6.06. The van der Waals surface area contributed by atoms with Gasteiger partial charge in [-0.25, -0.2) is 0 Å². The highest BCUT2D eigenvalue weighted by Gasteiger charge is 2.30. The number of benzene rings is 1. The Morgan fingerprint density at radius 2 is 2.05 bits per heavy atom. The van der Waals surface area contributed by atoms with E-state index in [1.807, 2.05) is 0 Å². The van der Waals surface area contributed by atoms with Crippen molar-refractivity contribution < 1.29 is 5.11 Å². The predicted octanol–water partition coefficient (Wildman–Crippen LogP) is 3.16. The fourth-order valence-corrected chi connectivity index (χ4v) is 3.09. The number of hydrogen-bond donors (Lipinski definition) is 1. The summed E-state index contributed by atoms with van der Waals surface area (Å²) in [5.41, 5.74) is 2.02. The van der Waals surface area contributed by atoms with Crippen LogP contribution in [-0.4, -0.2) is 34.7 Å². The third-order valence-corrected chi connectivity index (χ3v) is 4.30. The number of rotatable bonds is 3. The van der Waals surface area contributed by atoms with E-state index < -0.39 is 5.60 Å². The molecule has 0 aromatic heterocycles. The Balaban J connectivity index is 2.02.